The Balaban J connectivity index is 2.06. The maximum absolute atomic E-state index is 4.83. The zero-order valence-electron chi connectivity index (χ0n) is 11.4. The number of anilines is 1. The smallest absolute Gasteiger partial charge is 0.129 e. The van der Waals surface area contributed by atoms with Gasteiger partial charge >= 0.3 is 0 Å². The first-order valence-corrected chi connectivity index (χ1v) is 6.71. The number of benzene rings is 1. The van der Waals surface area contributed by atoms with Gasteiger partial charge in [0.15, 0.2) is 0 Å². The van der Waals surface area contributed by atoms with E-state index in [1.807, 2.05) is 0 Å². The van der Waals surface area contributed by atoms with Crippen LogP contribution in [-0.2, 0) is 0 Å². The summed E-state index contributed by atoms with van der Waals surface area (Å²) >= 11 is 0. The summed E-state index contributed by atoms with van der Waals surface area (Å²) < 4.78 is 0. The van der Waals surface area contributed by atoms with Crippen LogP contribution in [-0.4, -0.2) is 16.6 Å². The van der Waals surface area contributed by atoms with E-state index >= 15 is 0 Å². The lowest BCUT2D eigenvalue weighted by Crippen LogP contribution is -2.43. The zero-order chi connectivity index (χ0) is 12.8. The molecule has 0 radical (unpaired) electrons. The van der Waals surface area contributed by atoms with Gasteiger partial charge in [0.05, 0.1) is 5.52 Å². The molecule has 2 aromatic rings. The summed E-state index contributed by atoms with van der Waals surface area (Å²) in [6.07, 6.45) is 2.59. The number of pyridine rings is 1. The van der Waals surface area contributed by atoms with Crippen molar-refractivity contribution < 1.29 is 0 Å². The van der Waals surface area contributed by atoms with E-state index in [0.717, 1.165) is 11.3 Å². The van der Waals surface area contributed by atoms with Crippen LogP contribution in [0.25, 0.3) is 10.9 Å². The topological polar surface area (TPSA) is 16.1 Å². The molecule has 1 aliphatic rings. The van der Waals surface area contributed by atoms with Gasteiger partial charge < -0.3 is 4.90 Å². The van der Waals surface area contributed by atoms with Gasteiger partial charge in [0.2, 0.25) is 0 Å². The third-order valence-corrected chi connectivity index (χ3v) is 3.47. The van der Waals surface area contributed by atoms with Crippen LogP contribution in [0.4, 0.5) is 5.82 Å². The van der Waals surface area contributed by atoms with E-state index < -0.39 is 0 Å². The number of nitrogens with zero attached hydrogens (tertiary/aromatic N) is 2. The highest BCUT2D eigenvalue weighted by molar-refractivity contribution is 5.80. The van der Waals surface area contributed by atoms with Crippen molar-refractivity contribution in [3.63, 3.8) is 0 Å². The molecule has 0 saturated heterocycles. The highest BCUT2D eigenvalue weighted by Gasteiger charge is 2.36. The van der Waals surface area contributed by atoms with Crippen molar-refractivity contribution in [3.05, 3.63) is 36.4 Å². The molecule has 94 valence electrons. The average Bonchev–Trinajstić information content (AvgIpc) is 3.12. The molecule has 1 heterocycles. The van der Waals surface area contributed by atoms with Gasteiger partial charge in [-0.2, -0.15) is 0 Å². The second-order valence-corrected chi connectivity index (χ2v) is 6.13. The van der Waals surface area contributed by atoms with Gasteiger partial charge in [-0.3, -0.25) is 0 Å². The van der Waals surface area contributed by atoms with Crippen LogP contribution in [0.3, 0.4) is 0 Å². The van der Waals surface area contributed by atoms with E-state index in [4.69, 9.17) is 4.98 Å². The van der Waals surface area contributed by atoms with Crippen LogP contribution in [0.1, 0.15) is 33.6 Å². The van der Waals surface area contributed by atoms with Gasteiger partial charge in [-0.25, -0.2) is 4.98 Å². The maximum atomic E-state index is 4.83. The molecule has 1 aliphatic carbocycles. The summed E-state index contributed by atoms with van der Waals surface area (Å²) in [5, 5.41) is 1.21. The first-order chi connectivity index (χ1) is 8.55. The van der Waals surface area contributed by atoms with Crippen molar-refractivity contribution in [3.8, 4) is 0 Å². The highest BCUT2D eigenvalue weighted by atomic mass is 15.3. The van der Waals surface area contributed by atoms with Gasteiger partial charge in [-0.1, -0.05) is 18.2 Å². The monoisotopic (exact) mass is 240 g/mol. The van der Waals surface area contributed by atoms with Gasteiger partial charge in [0.1, 0.15) is 5.82 Å². The Hall–Kier alpha value is -1.57. The molecule has 0 atom stereocenters. The van der Waals surface area contributed by atoms with E-state index in [0.29, 0.717) is 6.04 Å². The van der Waals surface area contributed by atoms with Crippen LogP contribution >= 0.6 is 0 Å². The Morgan fingerprint density at radius 2 is 1.78 bits per heavy atom. The maximum Gasteiger partial charge on any atom is 0.129 e. The highest BCUT2D eigenvalue weighted by Crippen LogP contribution is 2.36. The van der Waals surface area contributed by atoms with E-state index in [2.05, 4.69) is 62.1 Å². The summed E-state index contributed by atoms with van der Waals surface area (Å²) in [5.74, 6) is 1.11. The fourth-order valence-corrected chi connectivity index (χ4v) is 2.60. The molecular formula is C16H20N2. The minimum absolute atomic E-state index is 0.136. The lowest BCUT2D eigenvalue weighted by Gasteiger charge is -2.37. The summed E-state index contributed by atoms with van der Waals surface area (Å²) in [7, 11) is 0. The summed E-state index contributed by atoms with van der Waals surface area (Å²) in [6.45, 7) is 6.80. The molecule has 1 saturated carbocycles. The molecule has 0 bridgehead atoms. The largest absolute Gasteiger partial charge is 0.349 e. The number of fused-ring (bicyclic) bond motifs is 1. The van der Waals surface area contributed by atoms with Gasteiger partial charge in [-0.05, 0) is 51.8 Å². The first-order valence-electron chi connectivity index (χ1n) is 6.71. The van der Waals surface area contributed by atoms with Crippen molar-refractivity contribution >= 4 is 16.7 Å². The minimum Gasteiger partial charge on any atom is -0.349 e. The Kier molecular flexibility index (Phi) is 2.54. The number of para-hydroxylation sites is 1. The van der Waals surface area contributed by atoms with Gasteiger partial charge in [0, 0.05) is 17.0 Å². The normalized spacial score (nSPS) is 15.9. The third kappa shape index (κ3) is 2.07. The van der Waals surface area contributed by atoms with Crippen LogP contribution in [0, 0.1) is 0 Å². The third-order valence-electron chi connectivity index (χ3n) is 3.47. The molecule has 1 aromatic heterocycles. The number of rotatable bonds is 2. The molecule has 0 amide bonds. The van der Waals surface area contributed by atoms with Crippen molar-refractivity contribution in [2.45, 2.75) is 45.2 Å². The molecule has 0 unspecified atom stereocenters. The Labute approximate surface area is 109 Å². The fraction of sp³-hybridized carbons (Fsp3) is 0.438. The molecule has 0 aliphatic heterocycles. The molecule has 3 rings (SSSR count). The van der Waals surface area contributed by atoms with Gasteiger partial charge in [-0.15, -0.1) is 0 Å². The van der Waals surface area contributed by atoms with E-state index in [-0.39, 0.29) is 5.54 Å². The van der Waals surface area contributed by atoms with Crippen LogP contribution in [0.15, 0.2) is 36.4 Å². The van der Waals surface area contributed by atoms with Crippen LogP contribution in [0.5, 0.6) is 0 Å². The summed E-state index contributed by atoms with van der Waals surface area (Å²) in [6, 6.07) is 13.3. The number of hydrogen-bond acceptors (Lipinski definition) is 2. The molecule has 1 fully saturated rings. The van der Waals surface area contributed by atoms with E-state index in [9.17, 15) is 0 Å². The molecule has 18 heavy (non-hydrogen) atoms. The lowest BCUT2D eigenvalue weighted by atomic mass is 10.1. The predicted molar refractivity (Wildman–Crippen MR) is 77.0 cm³/mol. The number of aromatic nitrogens is 1. The summed E-state index contributed by atoms with van der Waals surface area (Å²) in [5.41, 5.74) is 1.22. The Bertz CT molecular complexity index is 565. The minimum atomic E-state index is 0.136. The van der Waals surface area contributed by atoms with Crippen molar-refractivity contribution in [1.29, 1.82) is 0 Å². The van der Waals surface area contributed by atoms with Crippen LogP contribution in [0.2, 0.25) is 0 Å². The Morgan fingerprint density at radius 3 is 2.44 bits per heavy atom. The van der Waals surface area contributed by atoms with Gasteiger partial charge in [0.25, 0.3) is 0 Å². The second-order valence-electron chi connectivity index (χ2n) is 6.13. The quantitative estimate of drug-likeness (QED) is 0.788. The average molecular weight is 240 g/mol. The molecule has 2 nitrogen and oxygen atoms in total. The zero-order valence-corrected chi connectivity index (χ0v) is 11.4. The molecule has 2 heteroatoms. The first kappa shape index (κ1) is 11.5. The standard InChI is InChI=1S/C16H20N2/c1-16(2,3)18(13-9-10-13)15-11-8-12-6-4-5-7-14(12)17-15/h4-8,11,13H,9-10H2,1-3H3. The van der Waals surface area contributed by atoms with Crippen LogP contribution < -0.4 is 4.90 Å². The van der Waals surface area contributed by atoms with E-state index in [1.165, 1.54) is 18.2 Å². The summed E-state index contributed by atoms with van der Waals surface area (Å²) in [4.78, 5) is 7.30. The molecule has 0 spiro atoms. The Morgan fingerprint density at radius 1 is 1.06 bits per heavy atom. The van der Waals surface area contributed by atoms with Crippen molar-refractivity contribution in [2.75, 3.05) is 4.90 Å². The van der Waals surface area contributed by atoms with Crippen molar-refractivity contribution in [2.24, 2.45) is 0 Å². The SMILES string of the molecule is CC(C)(C)N(c1ccc2ccccc2n1)C1CC1. The fourth-order valence-electron chi connectivity index (χ4n) is 2.60. The second kappa shape index (κ2) is 3.98. The molecule has 1 aromatic carbocycles. The number of hydrogen-bond donors (Lipinski definition) is 0. The molecule has 0 N–H and O–H groups in total. The predicted octanol–water partition coefficient (Wildman–Crippen LogP) is 4.00. The van der Waals surface area contributed by atoms with Crippen molar-refractivity contribution in [1.82, 2.24) is 4.98 Å². The lowest BCUT2D eigenvalue weighted by molar-refractivity contribution is 0.495. The van der Waals surface area contributed by atoms with E-state index in [1.54, 1.807) is 0 Å². The molecular weight excluding hydrogens is 220 g/mol.